The molecule has 15 heavy (non-hydrogen) atoms. The van der Waals surface area contributed by atoms with E-state index in [1.54, 1.807) is 0 Å². The summed E-state index contributed by atoms with van der Waals surface area (Å²) >= 11 is 6.11. The molecule has 0 fully saturated rings. The van der Waals surface area contributed by atoms with Crippen molar-refractivity contribution in [3.63, 3.8) is 0 Å². The zero-order valence-electron chi connectivity index (χ0n) is 9.50. The molecule has 0 aliphatic carbocycles. The van der Waals surface area contributed by atoms with Crippen LogP contribution in [0.2, 0.25) is 5.02 Å². The Kier molecular flexibility index (Phi) is 4.58. The minimum absolute atomic E-state index is 0.134. The largest absolute Gasteiger partial charge is 0.327 e. The minimum atomic E-state index is 0.134. The summed E-state index contributed by atoms with van der Waals surface area (Å²) in [7, 11) is 0. The summed E-state index contributed by atoms with van der Waals surface area (Å²) in [6.07, 6.45) is 0. The Labute approximate surface area is 96.8 Å². The van der Waals surface area contributed by atoms with Gasteiger partial charge < -0.3 is 11.1 Å². The second-order valence-electron chi connectivity index (χ2n) is 4.06. The first-order valence-electron chi connectivity index (χ1n) is 5.28. The van der Waals surface area contributed by atoms with E-state index in [0.717, 1.165) is 10.6 Å². The summed E-state index contributed by atoms with van der Waals surface area (Å²) in [5.74, 6) is 0. The van der Waals surface area contributed by atoms with Crippen molar-refractivity contribution in [2.24, 2.45) is 5.73 Å². The van der Waals surface area contributed by atoms with Crippen molar-refractivity contribution in [1.29, 1.82) is 0 Å². The Hall–Kier alpha value is -0.570. The van der Waals surface area contributed by atoms with Gasteiger partial charge in [0.1, 0.15) is 0 Å². The molecule has 0 aliphatic heterocycles. The van der Waals surface area contributed by atoms with Crippen LogP contribution in [0.5, 0.6) is 0 Å². The highest BCUT2D eigenvalue weighted by atomic mass is 35.5. The molecule has 0 spiro atoms. The summed E-state index contributed by atoms with van der Waals surface area (Å²) in [5.41, 5.74) is 6.92. The van der Waals surface area contributed by atoms with E-state index in [9.17, 15) is 0 Å². The van der Waals surface area contributed by atoms with Crippen LogP contribution >= 0.6 is 11.6 Å². The van der Waals surface area contributed by atoms with Crippen LogP contribution in [0, 0.1) is 0 Å². The number of hydrogen-bond donors (Lipinski definition) is 2. The summed E-state index contributed by atoms with van der Waals surface area (Å²) < 4.78 is 0. The van der Waals surface area contributed by atoms with Crippen molar-refractivity contribution < 1.29 is 0 Å². The molecule has 3 atom stereocenters. The predicted octanol–water partition coefficient (Wildman–Crippen LogP) is 2.73. The van der Waals surface area contributed by atoms with Crippen LogP contribution in [0.1, 0.15) is 32.4 Å². The average Bonchev–Trinajstić information content (AvgIpc) is 2.18. The van der Waals surface area contributed by atoms with E-state index in [-0.39, 0.29) is 18.1 Å². The van der Waals surface area contributed by atoms with Gasteiger partial charge >= 0.3 is 0 Å². The molecular weight excluding hydrogens is 208 g/mol. The number of hydrogen-bond acceptors (Lipinski definition) is 2. The standard InChI is InChI=1S/C12H19ClN2/c1-8(14)9(2)15-10(3)11-6-4-5-7-12(11)13/h4-10,15H,14H2,1-3H3. The molecule has 0 saturated heterocycles. The lowest BCUT2D eigenvalue weighted by molar-refractivity contribution is 0.430. The van der Waals surface area contributed by atoms with E-state index in [0.29, 0.717) is 0 Å². The van der Waals surface area contributed by atoms with Crippen molar-refractivity contribution in [2.45, 2.75) is 38.9 Å². The Morgan fingerprint density at radius 1 is 1.20 bits per heavy atom. The Bertz CT molecular complexity index is 312. The van der Waals surface area contributed by atoms with Gasteiger partial charge in [0.15, 0.2) is 0 Å². The van der Waals surface area contributed by atoms with Crippen molar-refractivity contribution in [1.82, 2.24) is 5.32 Å². The maximum Gasteiger partial charge on any atom is 0.0453 e. The second-order valence-corrected chi connectivity index (χ2v) is 4.46. The van der Waals surface area contributed by atoms with Crippen molar-refractivity contribution in [3.05, 3.63) is 34.9 Å². The van der Waals surface area contributed by atoms with Gasteiger partial charge in [-0.05, 0) is 32.4 Å². The van der Waals surface area contributed by atoms with Crippen molar-refractivity contribution in [2.75, 3.05) is 0 Å². The number of nitrogens with one attached hydrogen (secondary N) is 1. The fourth-order valence-electron chi connectivity index (χ4n) is 1.46. The number of nitrogens with two attached hydrogens (primary N) is 1. The third kappa shape index (κ3) is 3.49. The predicted molar refractivity (Wildman–Crippen MR) is 66.1 cm³/mol. The first-order valence-corrected chi connectivity index (χ1v) is 5.66. The third-order valence-electron chi connectivity index (χ3n) is 2.67. The molecule has 0 saturated carbocycles. The molecule has 0 amide bonds. The molecule has 0 heterocycles. The molecular formula is C12H19ClN2. The highest BCUT2D eigenvalue weighted by Crippen LogP contribution is 2.22. The molecule has 84 valence electrons. The molecule has 1 aromatic carbocycles. The fourth-order valence-corrected chi connectivity index (χ4v) is 1.76. The molecule has 0 radical (unpaired) electrons. The van der Waals surface area contributed by atoms with Crippen LogP contribution in [-0.4, -0.2) is 12.1 Å². The second kappa shape index (κ2) is 5.50. The topological polar surface area (TPSA) is 38.0 Å². The van der Waals surface area contributed by atoms with Crippen molar-refractivity contribution in [3.8, 4) is 0 Å². The molecule has 3 unspecified atom stereocenters. The van der Waals surface area contributed by atoms with Gasteiger partial charge in [0.05, 0.1) is 0 Å². The smallest absolute Gasteiger partial charge is 0.0453 e. The maximum atomic E-state index is 6.11. The highest BCUT2D eigenvalue weighted by Gasteiger charge is 2.13. The third-order valence-corrected chi connectivity index (χ3v) is 3.02. The lowest BCUT2D eigenvalue weighted by atomic mass is 10.1. The lowest BCUT2D eigenvalue weighted by Crippen LogP contribution is -2.42. The highest BCUT2D eigenvalue weighted by molar-refractivity contribution is 6.31. The summed E-state index contributed by atoms with van der Waals surface area (Å²) in [5, 5.41) is 4.23. The van der Waals surface area contributed by atoms with Crippen LogP contribution in [0.15, 0.2) is 24.3 Å². The average molecular weight is 227 g/mol. The molecule has 0 aromatic heterocycles. The van der Waals surface area contributed by atoms with Crippen LogP contribution in [0.3, 0.4) is 0 Å². The molecule has 3 N–H and O–H groups in total. The Balaban J connectivity index is 2.69. The quantitative estimate of drug-likeness (QED) is 0.829. The molecule has 3 heteroatoms. The van der Waals surface area contributed by atoms with Crippen molar-refractivity contribution >= 4 is 11.6 Å². The first kappa shape index (κ1) is 12.5. The SMILES string of the molecule is CC(NC(C)C(C)N)c1ccccc1Cl. The van der Waals surface area contributed by atoms with Gasteiger partial charge in [0.2, 0.25) is 0 Å². The van der Waals surface area contributed by atoms with Gasteiger partial charge in [-0.15, -0.1) is 0 Å². The number of rotatable bonds is 4. The van der Waals surface area contributed by atoms with Crippen LogP contribution in [0.25, 0.3) is 0 Å². The number of halogens is 1. The normalized spacial score (nSPS) is 17.1. The van der Waals surface area contributed by atoms with E-state index in [1.807, 2.05) is 31.2 Å². The fraction of sp³-hybridized carbons (Fsp3) is 0.500. The van der Waals surface area contributed by atoms with Gasteiger partial charge in [0.25, 0.3) is 0 Å². The Morgan fingerprint density at radius 2 is 1.80 bits per heavy atom. The van der Waals surface area contributed by atoms with Crippen LogP contribution < -0.4 is 11.1 Å². The summed E-state index contributed by atoms with van der Waals surface area (Å²) in [4.78, 5) is 0. The van der Waals surface area contributed by atoms with Gasteiger partial charge in [-0.25, -0.2) is 0 Å². The molecule has 1 aromatic rings. The molecule has 1 rings (SSSR count). The Morgan fingerprint density at radius 3 is 2.33 bits per heavy atom. The molecule has 0 bridgehead atoms. The summed E-state index contributed by atoms with van der Waals surface area (Å²) in [6, 6.07) is 8.51. The maximum absolute atomic E-state index is 6.11. The van der Waals surface area contributed by atoms with Crippen LogP contribution in [-0.2, 0) is 0 Å². The summed E-state index contributed by atoms with van der Waals surface area (Å²) in [6.45, 7) is 6.18. The number of benzene rings is 1. The zero-order chi connectivity index (χ0) is 11.4. The van der Waals surface area contributed by atoms with E-state index in [1.165, 1.54) is 0 Å². The van der Waals surface area contributed by atoms with E-state index >= 15 is 0 Å². The monoisotopic (exact) mass is 226 g/mol. The molecule has 2 nitrogen and oxygen atoms in total. The van der Waals surface area contributed by atoms with E-state index in [4.69, 9.17) is 17.3 Å². The van der Waals surface area contributed by atoms with Gasteiger partial charge in [0, 0.05) is 23.1 Å². The minimum Gasteiger partial charge on any atom is -0.327 e. The molecule has 0 aliphatic rings. The van der Waals surface area contributed by atoms with Gasteiger partial charge in [-0.1, -0.05) is 29.8 Å². The zero-order valence-corrected chi connectivity index (χ0v) is 10.3. The van der Waals surface area contributed by atoms with Crippen LogP contribution in [0.4, 0.5) is 0 Å². The van der Waals surface area contributed by atoms with E-state index < -0.39 is 0 Å². The van der Waals surface area contributed by atoms with E-state index in [2.05, 4.69) is 19.2 Å². The first-order chi connectivity index (χ1) is 7.02. The lowest BCUT2D eigenvalue weighted by Gasteiger charge is -2.23. The van der Waals surface area contributed by atoms with Gasteiger partial charge in [-0.3, -0.25) is 0 Å². The van der Waals surface area contributed by atoms with Gasteiger partial charge in [-0.2, -0.15) is 0 Å².